The number of benzene rings is 2. The van der Waals surface area contributed by atoms with Crippen LogP contribution >= 0.6 is 0 Å². The van der Waals surface area contributed by atoms with Crippen LogP contribution < -0.4 is 5.32 Å². The molecular formula is C19H20F2N2O3S. The van der Waals surface area contributed by atoms with Gasteiger partial charge in [-0.3, -0.25) is 4.79 Å². The number of hydrogen-bond donors (Lipinski definition) is 1. The molecule has 0 aliphatic carbocycles. The number of sulfonamides is 1. The molecule has 1 heterocycles. The Hall–Kier alpha value is -2.32. The SMILES string of the molecule is O=C(C[C@@H]1CCCCN1S(=O)(=O)c1ccccc1)Nc1cc(F)ccc1F. The van der Waals surface area contributed by atoms with Gasteiger partial charge in [0.2, 0.25) is 15.9 Å². The highest BCUT2D eigenvalue weighted by molar-refractivity contribution is 7.89. The van der Waals surface area contributed by atoms with Crippen LogP contribution in [0.4, 0.5) is 14.5 Å². The Labute approximate surface area is 157 Å². The fraction of sp³-hybridized carbons (Fsp3) is 0.316. The molecule has 1 amide bonds. The van der Waals surface area contributed by atoms with Gasteiger partial charge in [0, 0.05) is 25.1 Å². The van der Waals surface area contributed by atoms with E-state index in [0.717, 1.165) is 24.6 Å². The van der Waals surface area contributed by atoms with Crippen LogP contribution in [0.15, 0.2) is 53.4 Å². The normalized spacial score (nSPS) is 18.2. The first-order valence-electron chi connectivity index (χ1n) is 8.70. The zero-order valence-corrected chi connectivity index (χ0v) is 15.4. The average Bonchev–Trinajstić information content (AvgIpc) is 2.66. The molecule has 1 N–H and O–H groups in total. The lowest BCUT2D eigenvalue weighted by molar-refractivity contribution is -0.117. The van der Waals surface area contributed by atoms with E-state index in [9.17, 15) is 22.0 Å². The number of nitrogens with one attached hydrogen (secondary N) is 1. The molecular weight excluding hydrogens is 374 g/mol. The maximum Gasteiger partial charge on any atom is 0.243 e. The second kappa shape index (κ2) is 8.14. The highest BCUT2D eigenvalue weighted by Crippen LogP contribution is 2.27. The third-order valence-corrected chi connectivity index (χ3v) is 6.51. The molecule has 0 unspecified atom stereocenters. The number of carbonyl (C=O) groups excluding carboxylic acids is 1. The molecule has 8 heteroatoms. The van der Waals surface area contributed by atoms with E-state index >= 15 is 0 Å². The number of hydrogen-bond acceptors (Lipinski definition) is 3. The molecule has 0 bridgehead atoms. The van der Waals surface area contributed by atoms with E-state index in [1.807, 2.05) is 0 Å². The van der Waals surface area contributed by atoms with Gasteiger partial charge in [-0.1, -0.05) is 24.6 Å². The van der Waals surface area contributed by atoms with Crippen LogP contribution in [0.25, 0.3) is 0 Å². The van der Waals surface area contributed by atoms with Crippen molar-refractivity contribution in [3.8, 4) is 0 Å². The van der Waals surface area contributed by atoms with Crippen LogP contribution in [0.1, 0.15) is 25.7 Å². The van der Waals surface area contributed by atoms with Gasteiger partial charge in [0.05, 0.1) is 10.6 Å². The van der Waals surface area contributed by atoms with Gasteiger partial charge in [-0.2, -0.15) is 4.31 Å². The maximum atomic E-state index is 13.7. The summed E-state index contributed by atoms with van der Waals surface area (Å²) in [6.45, 7) is 0.323. The Balaban J connectivity index is 1.76. The Bertz CT molecular complexity index is 920. The molecule has 0 spiro atoms. The second-order valence-corrected chi connectivity index (χ2v) is 8.35. The van der Waals surface area contributed by atoms with Gasteiger partial charge in [0.25, 0.3) is 0 Å². The second-order valence-electron chi connectivity index (χ2n) is 6.45. The van der Waals surface area contributed by atoms with E-state index < -0.39 is 33.6 Å². The molecule has 0 saturated carbocycles. The van der Waals surface area contributed by atoms with E-state index in [1.54, 1.807) is 18.2 Å². The maximum absolute atomic E-state index is 13.7. The van der Waals surface area contributed by atoms with Gasteiger partial charge in [-0.15, -0.1) is 0 Å². The number of carbonyl (C=O) groups is 1. The molecule has 2 aromatic rings. The van der Waals surface area contributed by atoms with E-state index in [-0.39, 0.29) is 17.0 Å². The van der Waals surface area contributed by atoms with Crippen molar-refractivity contribution in [2.75, 3.05) is 11.9 Å². The van der Waals surface area contributed by atoms with Crippen molar-refractivity contribution in [1.29, 1.82) is 0 Å². The lowest BCUT2D eigenvalue weighted by Crippen LogP contribution is -2.45. The fourth-order valence-corrected chi connectivity index (χ4v) is 4.94. The summed E-state index contributed by atoms with van der Waals surface area (Å²) in [6, 6.07) is 10.3. The fourth-order valence-electron chi connectivity index (χ4n) is 3.23. The minimum atomic E-state index is -3.73. The zero-order chi connectivity index (χ0) is 19.4. The van der Waals surface area contributed by atoms with Crippen molar-refractivity contribution in [3.05, 3.63) is 60.2 Å². The van der Waals surface area contributed by atoms with Crippen LogP contribution in [0.3, 0.4) is 0 Å². The molecule has 27 heavy (non-hydrogen) atoms. The molecule has 5 nitrogen and oxygen atoms in total. The summed E-state index contributed by atoms with van der Waals surface area (Å²) in [5.41, 5.74) is -0.256. The smallest absolute Gasteiger partial charge is 0.243 e. The third-order valence-electron chi connectivity index (χ3n) is 4.55. The number of anilines is 1. The van der Waals surface area contributed by atoms with Crippen LogP contribution in [0.2, 0.25) is 0 Å². The average molecular weight is 394 g/mol. The van der Waals surface area contributed by atoms with Crippen molar-refractivity contribution < 1.29 is 22.0 Å². The molecule has 144 valence electrons. The predicted molar refractivity (Wildman–Crippen MR) is 97.6 cm³/mol. The molecule has 1 fully saturated rings. The Kier molecular flexibility index (Phi) is 5.86. The quantitative estimate of drug-likeness (QED) is 0.844. The third kappa shape index (κ3) is 4.51. The van der Waals surface area contributed by atoms with Crippen LogP contribution in [-0.2, 0) is 14.8 Å². The first-order chi connectivity index (χ1) is 12.9. The van der Waals surface area contributed by atoms with Crippen molar-refractivity contribution in [3.63, 3.8) is 0 Å². The van der Waals surface area contributed by atoms with Crippen molar-refractivity contribution in [2.45, 2.75) is 36.6 Å². The first-order valence-corrected chi connectivity index (χ1v) is 10.1. The van der Waals surface area contributed by atoms with Crippen molar-refractivity contribution in [2.24, 2.45) is 0 Å². The zero-order valence-electron chi connectivity index (χ0n) is 14.6. The molecule has 1 saturated heterocycles. The summed E-state index contributed by atoms with van der Waals surface area (Å²) >= 11 is 0. The minimum absolute atomic E-state index is 0.123. The van der Waals surface area contributed by atoms with E-state index in [0.29, 0.717) is 19.4 Å². The minimum Gasteiger partial charge on any atom is -0.323 e. The van der Waals surface area contributed by atoms with E-state index in [1.165, 1.54) is 16.4 Å². The van der Waals surface area contributed by atoms with Gasteiger partial charge in [0.1, 0.15) is 11.6 Å². The number of piperidine rings is 1. The van der Waals surface area contributed by atoms with Crippen molar-refractivity contribution >= 4 is 21.6 Å². The van der Waals surface area contributed by atoms with Crippen LogP contribution in [0, 0.1) is 11.6 Å². The largest absolute Gasteiger partial charge is 0.323 e. The molecule has 1 aliphatic heterocycles. The summed E-state index contributed by atoms with van der Waals surface area (Å²) in [6.07, 6.45) is 1.92. The predicted octanol–water partition coefficient (Wildman–Crippen LogP) is 3.54. The van der Waals surface area contributed by atoms with E-state index in [4.69, 9.17) is 0 Å². The van der Waals surface area contributed by atoms with Gasteiger partial charge in [0.15, 0.2) is 0 Å². The lowest BCUT2D eigenvalue weighted by atomic mass is 10.0. The van der Waals surface area contributed by atoms with Gasteiger partial charge >= 0.3 is 0 Å². The standard InChI is InChI=1S/C19H20F2N2O3S/c20-14-9-10-17(21)18(12-14)22-19(24)13-15-6-4-5-11-23(15)27(25,26)16-7-2-1-3-8-16/h1-3,7-10,12,15H,4-6,11,13H2,(H,22,24)/t15-/m0/s1. The topological polar surface area (TPSA) is 66.5 Å². The summed E-state index contributed by atoms with van der Waals surface area (Å²) < 4.78 is 54.1. The molecule has 1 atom stereocenters. The van der Waals surface area contributed by atoms with Gasteiger partial charge in [-0.05, 0) is 37.1 Å². The Morgan fingerprint density at radius 3 is 2.59 bits per heavy atom. The molecule has 2 aromatic carbocycles. The van der Waals surface area contributed by atoms with Crippen LogP contribution in [0.5, 0.6) is 0 Å². The van der Waals surface area contributed by atoms with Crippen molar-refractivity contribution in [1.82, 2.24) is 4.31 Å². The Morgan fingerprint density at radius 2 is 1.85 bits per heavy atom. The highest BCUT2D eigenvalue weighted by Gasteiger charge is 2.34. The Morgan fingerprint density at radius 1 is 1.11 bits per heavy atom. The highest BCUT2D eigenvalue weighted by atomic mass is 32.2. The first kappa shape index (κ1) is 19.4. The molecule has 0 aromatic heterocycles. The van der Waals surface area contributed by atoms with Gasteiger partial charge < -0.3 is 5.32 Å². The number of amides is 1. The van der Waals surface area contributed by atoms with Gasteiger partial charge in [-0.25, -0.2) is 17.2 Å². The van der Waals surface area contributed by atoms with Crippen LogP contribution in [-0.4, -0.2) is 31.2 Å². The molecule has 0 radical (unpaired) electrons. The summed E-state index contributed by atoms with van der Waals surface area (Å²) in [4.78, 5) is 12.5. The molecule has 1 aliphatic rings. The number of halogens is 2. The summed E-state index contributed by atoms with van der Waals surface area (Å²) in [5.74, 6) is -1.97. The lowest BCUT2D eigenvalue weighted by Gasteiger charge is -2.34. The number of rotatable bonds is 5. The number of nitrogens with zero attached hydrogens (tertiary/aromatic N) is 1. The molecule has 3 rings (SSSR count). The summed E-state index contributed by atoms with van der Waals surface area (Å²) in [7, 11) is -3.73. The monoisotopic (exact) mass is 394 g/mol. The summed E-state index contributed by atoms with van der Waals surface area (Å²) in [5, 5.41) is 2.33. The van der Waals surface area contributed by atoms with E-state index in [2.05, 4.69) is 5.32 Å².